The molecule has 2 aromatic carbocycles. The Labute approximate surface area is 165 Å². The first-order chi connectivity index (χ1) is 13.3. The van der Waals surface area contributed by atoms with Gasteiger partial charge in [-0.2, -0.15) is 0 Å². The van der Waals surface area contributed by atoms with Crippen LogP contribution in [0.3, 0.4) is 0 Å². The Balaban J connectivity index is 1.85. The van der Waals surface area contributed by atoms with E-state index < -0.39 is 23.2 Å². The summed E-state index contributed by atoms with van der Waals surface area (Å²) in [5.41, 5.74) is -0.126. The molecule has 0 amide bonds. The molecule has 144 valence electrons. The average molecular weight is 404 g/mol. The number of ketones is 1. The predicted octanol–water partition coefficient (Wildman–Crippen LogP) is 5.82. The Bertz CT molecular complexity index is 1010. The van der Waals surface area contributed by atoms with E-state index in [9.17, 15) is 13.6 Å². The third-order valence-corrected chi connectivity index (χ3v) is 3.93. The average Bonchev–Trinajstić information content (AvgIpc) is 2.66. The quantitative estimate of drug-likeness (QED) is 0.486. The molecule has 0 fully saturated rings. The maximum absolute atomic E-state index is 14.4. The number of benzene rings is 2. The molecule has 0 bridgehead atoms. The van der Waals surface area contributed by atoms with Crippen LogP contribution in [0.1, 0.15) is 29.8 Å². The van der Waals surface area contributed by atoms with Gasteiger partial charge in [0.1, 0.15) is 16.6 Å². The van der Waals surface area contributed by atoms with Crippen LogP contribution in [-0.2, 0) is 0 Å². The number of pyridine rings is 1. The minimum Gasteiger partial charge on any atom is -0.474 e. The predicted molar refractivity (Wildman–Crippen MR) is 101 cm³/mol. The fourth-order valence-corrected chi connectivity index (χ4v) is 2.63. The number of aromatic nitrogens is 1. The Morgan fingerprint density at radius 1 is 1.07 bits per heavy atom. The van der Waals surface area contributed by atoms with Crippen molar-refractivity contribution in [2.45, 2.75) is 20.0 Å². The molecule has 0 atom stereocenters. The van der Waals surface area contributed by atoms with Gasteiger partial charge in [0.15, 0.2) is 17.3 Å². The van der Waals surface area contributed by atoms with Gasteiger partial charge in [0, 0.05) is 17.7 Å². The van der Waals surface area contributed by atoms with Crippen LogP contribution in [0.15, 0.2) is 54.7 Å². The van der Waals surface area contributed by atoms with Gasteiger partial charge in [0.2, 0.25) is 5.88 Å². The first-order valence-electron chi connectivity index (χ1n) is 8.44. The van der Waals surface area contributed by atoms with Crippen molar-refractivity contribution in [3.8, 4) is 17.4 Å². The molecular formula is C21H16ClF2NO3. The highest BCUT2D eigenvalue weighted by Gasteiger charge is 2.19. The molecule has 7 heteroatoms. The van der Waals surface area contributed by atoms with Crippen molar-refractivity contribution in [3.05, 3.63) is 82.5 Å². The molecule has 1 aromatic heterocycles. The van der Waals surface area contributed by atoms with Crippen molar-refractivity contribution in [1.82, 2.24) is 4.98 Å². The number of carbonyl (C=O) groups excluding carboxylic acids is 1. The zero-order valence-corrected chi connectivity index (χ0v) is 15.8. The monoisotopic (exact) mass is 403 g/mol. The molecule has 0 aliphatic rings. The number of hydrogen-bond acceptors (Lipinski definition) is 4. The van der Waals surface area contributed by atoms with Crippen molar-refractivity contribution in [2.24, 2.45) is 0 Å². The summed E-state index contributed by atoms with van der Waals surface area (Å²) >= 11 is 6.07. The van der Waals surface area contributed by atoms with Crippen molar-refractivity contribution < 1.29 is 23.0 Å². The van der Waals surface area contributed by atoms with Crippen LogP contribution in [0.25, 0.3) is 0 Å². The van der Waals surface area contributed by atoms with Gasteiger partial charge >= 0.3 is 0 Å². The number of carbonyl (C=O) groups is 1. The van der Waals surface area contributed by atoms with Crippen LogP contribution in [0.5, 0.6) is 17.4 Å². The van der Waals surface area contributed by atoms with E-state index in [2.05, 4.69) is 4.98 Å². The van der Waals surface area contributed by atoms with E-state index in [4.69, 9.17) is 21.1 Å². The highest BCUT2D eigenvalue weighted by molar-refractivity contribution is 6.31. The van der Waals surface area contributed by atoms with Gasteiger partial charge in [0.05, 0.1) is 17.9 Å². The van der Waals surface area contributed by atoms with E-state index >= 15 is 0 Å². The van der Waals surface area contributed by atoms with Crippen LogP contribution in [0.4, 0.5) is 8.78 Å². The van der Waals surface area contributed by atoms with Crippen LogP contribution >= 0.6 is 11.6 Å². The summed E-state index contributed by atoms with van der Waals surface area (Å²) in [6, 6.07) is 11.1. The maximum atomic E-state index is 14.4. The van der Waals surface area contributed by atoms with Crippen LogP contribution in [-0.4, -0.2) is 16.9 Å². The van der Waals surface area contributed by atoms with Crippen LogP contribution < -0.4 is 9.47 Å². The lowest BCUT2D eigenvalue weighted by atomic mass is 10.0. The summed E-state index contributed by atoms with van der Waals surface area (Å²) in [6.07, 6.45) is 1.15. The summed E-state index contributed by atoms with van der Waals surface area (Å²) in [6.45, 7) is 3.64. The zero-order valence-electron chi connectivity index (χ0n) is 15.1. The number of ether oxygens (including phenoxy) is 2. The van der Waals surface area contributed by atoms with E-state index in [1.54, 1.807) is 18.2 Å². The van der Waals surface area contributed by atoms with Crippen molar-refractivity contribution in [3.63, 3.8) is 0 Å². The molecule has 0 spiro atoms. The largest absolute Gasteiger partial charge is 0.474 e. The molecule has 0 saturated carbocycles. The van der Waals surface area contributed by atoms with Gasteiger partial charge in [-0.1, -0.05) is 41.9 Å². The topological polar surface area (TPSA) is 48.4 Å². The van der Waals surface area contributed by atoms with Gasteiger partial charge in [0.25, 0.3) is 0 Å². The summed E-state index contributed by atoms with van der Waals surface area (Å²) < 4.78 is 39.6. The first kappa shape index (κ1) is 19.8. The summed E-state index contributed by atoms with van der Waals surface area (Å²) in [5.74, 6) is -2.50. The third kappa shape index (κ3) is 4.46. The fourth-order valence-electron chi connectivity index (χ4n) is 2.43. The van der Waals surface area contributed by atoms with Gasteiger partial charge in [-0.05, 0) is 19.9 Å². The molecule has 0 N–H and O–H groups in total. The van der Waals surface area contributed by atoms with Gasteiger partial charge in [-0.15, -0.1) is 0 Å². The molecule has 3 aromatic rings. The minimum absolute atomic E-state index is 0.0987. The molecule has 0 aliphatic heterocycles. The van der Waals surface area contributed by atoms with Gasteiger partial charge < -0.3 is 9.47 Å². The third-order valence-electron chi connectivity index (χ3n) is 3.66. The summed E-state index contributed by atoms with van der Waals surface area (Å²) in [4.78, 5) is 16.4. The lowest BCUT2D eigenvalue weighted by Gasteiger charge is -2.12. The van der Waals surface area contributed by atoms with E-state index in [1.807, 2.05) is 13.8 Å². The van der Waals surface area contributed by atoms with Crippen LogP contribution in [0.2, 0.25) is 5.02 Å². The van der Waals surface area contributed by atoms with Crippen LogP contribution in [0, 0.1) is 11.6 Å². The highest BCUT2D eigenvalue weighted by Crippen LogP contribution is 2.32. The molecule has 28 heavy (non-hydrogen) atoms. The normalized spacial score (nSPS) is 10.8. The first-order valence-corrected chi connectivity index (χ1v) is 8.82. The molecule has 0 unspecified atom stereocenters. The molecule has 4 nitrogen and oxygen atoms in total. The van der Waals surface area contributed by atoms with E-state index in [0.29, 0.717) is 0 Å². The number of hydrogen-bond donors (Lipinski definition) is 0. The second kappa shape index (κ2) is 8.35. The molecule has 0 saturated heterocycles. The Kier molecular flexibility index (Phi) is 5.90. The molecular weight excluding hydrogens is 388 g/mol. The number of nitrogens with zero attached hydrogens (tertiary/aromatic N) is 1. The highest BCUT2D eigenvalue weighted by atomic mass is 35.5. The fraction of sp³-hybridized carbons (Fsp3) is 0.143. The zero-order chi connectivity index (χ0) is 20.3. The second-order valence-corrected chi connectivity index (χ2v) is 6.59. The summed E-state index contributed by atoms with van der Waals surface area (Å²) in [7, 11) is 0. The Hall–Kier alpha value is -2.99. The second-order valence-electron chi connectivity index (χ2n) is 6.18. The van der Waals surface area contributed by atoms with Crippen molar-refractivity contribution >= 4 is 17.4 Å². The maximum Gasteiger partial charge on any atom is 0.233 e. The lowest BCUT2D eigenvalue weighted by Crippen LogP contribution is -2.07. The molecule has 3 rings (SSSR count). The number of rotatable bonds is 6. The van der Waals surface area contributed by atoms with Crippen molar-refractivity contribution in [1.29, 1.82) is 0 Å². The molecule has 1 heterocycles. The molecule has 0 aliphatic carbocycles. The van der Waals surface area contributed by atoms with Gasteiger partial charge in [-0.25, -0.2) is 13.8 Å². The smallest absolute Gasteiger partial charge is 0.233 e. The van der Waals surface area contributed by atoms with E-state index in [0.717, 1.165) is 12.1 Å². The van der Waals surface area contributed by atoms with E-state index in [-0.39, 0.29) is 33.9 Å². The standard InChI is InChI=1S/C21H16ClF2NO3/c1-12(2)27-21-16(22)8-14(11-25-21)28-19-10-17(23)15(9-18(19)24)20(26)13-6-4-3-5-7-13/h3-12H,1-2H3. The lowest BCUT2D eigenvalue weighted by molar-refractivity contribution is 0.103. The Morgan fingerprint density at radius 3 is 2.43 bits per heavy atom. The van der Waals surface area contributed by atoms with Gasteiger partial charge in [-0.3, -0.25) is 4.79 Å². The van der Waals surface area contributed by atoms with E-state index in [1.165, 1.54) is 24.4 Å². The number of halogens is 3. The Morgan fingerprint density at radius 2 is 1.79 bits per heavy atom. The minimum atomic E-state index is -0.899. The van der Waals surface area contributed by atoms with Crippen molar-refractivity contribution in [2.75, 3.05) is 0 Å². The SMILES string of the molecule is CC(C)Oc1ncc(Oc2cc(F)c(C(=O)c3ccccc3)cc2F)cc1Cl. The summed E-state index contributed by atoms with van der Waals surface area (Å²) in [5, 5.41) is 0.169. The molecule has 0 radical (unpaired) electrons.